The number of carbonyl (C=O) groups is 1. The lowest BCUT2D eigenvalue weighted by molar-refractivity contribution is 0.102. The van der Waals surface area contributed by atoms with Gasteiger partial charge < -0.3 is 5.32 Å². The summed E-state index contributed by atoms with van der Waals surface area (Å²) < 4.78 is 1.62. The van der Waals surface area contributed by atoms with E-state index in [9.17, 15) is 4.79 Å². The van der Waals surface area contributed by atoms with E-state index in [-0.39, 0.29) is 16.5 Å². The molecule has 27 heavy (non-hydrogen) atoms. The summed E-state index contributed by atoms with van der Waals surface area (Å²) in [5.41, 5.74) is 2.04. The maximum Gasteiger partial charge on any atom is 0.258 e. The average Bonchev–Trinajstić information content (AvgIpc) is 3.26. The lowest BCUT2D eigenvalue weighted by atomic mass is 10.2. The van der Waals surface area contributed by atoms with E-state index in [1.165, 1.54) is 6.20 Å². The van der Waals surface area contributed by atoms with E-state index in [0.717, 1.165) is 0 Å². The van der Waals surface area contributed by atoms with E-state index in [2.05, 4.69) is 36.0 Å². The fraction of sp³-hybridized carbons (Fsp3) is 0.125. The number of rotatable bonds is 4. The van der Waals surface area contributed by atoms with Crippen molar-refractivity contribution >= 4 is 45.8 Å². The Balaban J connectivity index is 1.68. The summed E-state index contributed by atoms with van der Waals surface area (Å²) in [6, 6.07) is 6.78. The molecule has 11 heteroatoms. The number of H-pyrrole nitrogens is 1. The normalized spacial score (nSPS) is 11.1. The molecule has 0 unspecified atom stereocenters. The second kappa shape index (κ2) is 6.93. The highest BCUT2D eigenvalue weighted by Gasteiger charge is 2.20. The molecule has 3 heterocycles. The van der Waals surface area contributed by atoms with E-state index in [1.54, 1.807) is 35.9 Å². The van der Waals surface area contributed by atoms with Crippen molar-refractivity contribution in [1.29, 1.82) is 0 Å². The first kappa shape index (κ1) is 17.4. The Hall–Kier alpha value is -3.04. The van der Waals surface area contributed by atoms with Crippen molar-refractivity contribution in [3.63, 3.8) is 0 Å². The number of hydrogen-bond acceptors (Lipinski definition) is 6. The number of benzene rings is 1. The molecule has 3 aromatic heterocycles. The van der Waals surface area contributed by atoms with Crippen LogP contribution in [-0.4, -0.2) is 41.3 Å². The van der Waals surface area contributed by atoms with Crippen molar-refractivity contribution in [1.82, 2.24) is 35.4 Å². The van der Waals surface area contributed by atoms with Crippen molar-refractivity contribution < 1.29 is 4.79 Å². The highest BCUT2D eigenvalue weighted by Crippen LogP contribution is 2.29. The zero-order chi connectivity index (χ0) is 19.0. The minimum absolute atomic E-state index is 0.253. The molecule has 2 N–H and O–H groups in total. The quantitative estimate of drug-likeness (QED) is 0.542. The zero-order valence-electron chi connectivity index (χ0n) is 13.9. The lowest BCUT2D eigenvalue weighted by Gasteiger charge is -2.08. The number of aromatic nitrogens is 7. The Morgan fingerprint density at radius 3 is 2.74 bits per heavy atom. The first-order valence-electron chi connectivity index (χ1n) is 7.84. The van der Waals surface area contributed by atoms with Gasteiger partial charge in [0.15, 0.2) is 11.5 Å². The van der Waals surface area contributed by atoms with Crippen LogP contribution < -0.4 is 5.32 Å². The van der Waals surface area contributed by atoms with E-state index in [4.69, 9.17) is 23.2 Å². The molecule has 0 aliphatic rings. The number of halogens is 2. The number of anilines is 1. The van der Waals surface area contributed by atoms with Gasteiger partial charge in [-0.1, -0.05) is 23.2 Å². The zero-order valence-corrected chi connectivity index (χ0v) is 15.5. The molecule has 0 aliphatic carbocycles. The van der Waals surface area contributed by atoms with Crippen molar-refractivity contribution in [2.45, 2.75) is 13.5 Å². The summed E-state index contributed by atoms with van der Waals surface area (Å²) in [4.78, 5) is 17.0. The minimum atomic E-state index is -0.372. The standard InChI is InChI=1S/C16H12Cl2N8O/c1-8-13-14(18)11(16(27)20-10-4-2-9(17)3-5-10)6-19-15(13)26(23-8)7-12-21-24-25-22-12/h2-6H,7H2,1H3,(H,20,27)(H,21,22,24,25). The summed E-state index contributed by atoms with van der Waals surface area (Å²) in [5.74, 6) is 0.158. The topological polar surface area (TPSA) is 114 Å². The van der Waals surface area contributed by atoms with E-state index in [0.29, 0.717) is 39.8 Å². The molecule has 4 aromatic rings. The van der Waals surface area contributed by atoms with Crippen LogP contribution in [0.4, 0.5) is 5.69 Å². The summed E-state index contributed by atoms with van der Waals surface area (Å²) in [7, 11) is 0. The Bertz CT molecular complexity index is 1120. The van der Waals surface area contributed by atoms with Gasteiger partial charge in [-0.05, 0) is 41.6 Å². The van der Waals surface area contributed by atoms with Crippen LogP contribution in [0.2, 0.25) is 10.0 Å². The molecule has 4 rings (SSSR count). The second-order valence-corrected chi connectivity index (χ2v) is 6.55. The van der Waals surface area contributed by atoms with E-state index in [1.807, 2.05) is 0 Å². The molecule has 0 bridgehead atoms. The molecule has 1 amide bonds. The highest BCUT2D eigenvalue weighted by atomic mass is 35.5. The Kier molecular flexibility index (Phi) is 4.46. The third kappa shape index (κ3) is 3.34. The number of tetrazole rings is 1. The predicted octanol–water partition coefficient (Wildman–Crippen LogP) is 2.86. The van der Waals surface area contributed by atoms with Crippen LogP contribution in [-0.2, 0) is 6.54 Å². The molecule has 0 spiro atoms. The molecule has 0 radical (unpaired) electrons. The number of fused-ring (bicyclic) bond motifs is 1. The number of nitrogens with zero attached hydrogens (tertiary/aromatic N) is 6. The SMILES string of the molecule is Cc1nn(Cc2nnn[nH]2)c2ncc(C(=O)Nc3ccc(Cl)cc3)c(Cl)c12. The maximum absolute atomic E-state index is 12.6. The third-order valence-corrected chi connectivity index (χ3v) is 4.55. The molecule has 0 fully saturated rings. The van der Waals surface area contributed by atoms with Gasteiger partial charge >= 0.3 is 0 Å². The number of carbonyl (C=O) groups excluding carboxylic acids is 1. The van der Waals surface area contributed by atoms with Crippen LogP contribution in [0.5, 0.6) is 0 Å². The van der Waals surface area contributed by atoms with Gasteiger partial charge in [0.05, 0.1) is 21.7 Å². The van der Waals surface area contributed by atoms with Crippen LogP contribution in [0.1, 0.15) is 21.9 Å². The van der Waals surface area contributed by atoms with Gasteiger partial charge in [-0.3, -0.25) is 4.79 Å². The van der Waals surface area contributed by atoms with Crippen molar-refractivity contribution in [3.05, 3.63) is 57.6 Å². The number of pyridine rings is 1. The third-order valence-electron chi connectivity index (χ3n) is 3.91. The van der Waals surface area contributed by atoms with Gasteiger partial charge in [0.1, 0.15) is 6.54 Å². The second-order valence-electron chi connectivity index (χ2n) is 5.74. The van der Waals surface area contributed by atoms with Gasteiger partial charge in [-0.25, -0.2) is 14.8 Å². The van der Waals surface area contributed by atoms with Crippen LogP contribution in [0.25, 0.3) is 11.0 Å². The largest absolute Gasteiger partial charge is 0.322 e. The summed E-state index contributed by atoms with van der Waals surface area (Å²) in [6.45, 7) is 2.10. The summed E-state index contributed by atoms with van der Waals surface area (Å²) in [6.07, 6.45) is 1.42. The van der Waals surface area contributed by atoms with Crippen molar-refractivity contribution in [2.24, 2.45) is 0 Å². The molecule has 0 aliphatic heterocycles. The first-order valence-corrected chi connectivity index (χ1v) is 8.59. The van der Waals surface area contributed by atoms with Gasteiger partial charge in [0.25, 0.3) is 5.91 Å². The molecule has 0 saturated heterocycles. The average molecular weight is 403 g/mol. The number of nitrogens with one attached hydrogen (secondary N) is 2. The van der Waals surface area contributed by atoms with E-state index >= 15 is 0 Å². The number of hydrogen-bond donors (Lipinski definition) is 2. The minimum Gasteiger partial charge on any atom is -0.322 e. The smallest absolute Gasteiger partial charge is 0.258 e. The van der Waals surface area contributed by atoms with Crippen LogP contribution in [0.3, 0.4) is 0 Å². The van der Waals surface area contributed by atoms with Gasteiger partial charge in [-0.15, -0.1) is 5.10 Å². The lowest BCUT2D eigenvalue weighted by Crippen LogP contribution is -2.13. The van der Waals surface area contributed by atoms with Crippen molar-refractivity contribution in [3.8, 4) is 0 Å². The van der Waals surface area contributed by atoms with E-state index < -0.39 is 0 Å². The molecule has 136 valence electrons. The maximum atomic E-state index is 12.6. The number of aryl methyl sites for hydroxylation is 1. The fourth-order valence-electron chi connectivity index (χ4n) is 2.66. The Morgan fingerprint density at radius 2 is 2.04 bits per heavy atom. The van der Waals surface area contributed by atoms with Crippen LogP contribution in [0.15, 0.2) is 30.5 Å². The molecule has 9 nitrogen and oxygen atoms in total. The molecule has 0 atom stereocenters. The summed E-state index contributed by atoms with van der Waals surface area (Å²) >= 11 is 12.4. The Labute approximate surface area is 162 Å². The fourth-order valence-corrected chi connectivity index (χ4v) is 3.14. The molecule has 1 aromatic carbocycles. The van der Waals surface area contributed by atoms with Gasteiger partial charge in [-0.2, -0.15) is 5.10 Å². The van der Waals surface area contributed by atoms with Crippen LogP contribution >= 0.6 is 23.2 Å². The predicted molar refractivity (Wildman–Crippen MR) is 100.0 cm³/mol. The molecular weight excluding hydrogens is 391 g/mol. The first-order chi connectivity index (χ1) is 13.0. The molecular formula is C16H12Cl2N8O. The summed E-state index contributed by atoms with van der Waals surface area (Å²) in [5, 5.41) is 22.2. The highest BCUT2D eigenvalue weighted by molar-refractivity contribution is 6.39. The van der Waals surface area contributed by atoms with Crippen LogP contribution in [0, 0.1) is 6.92 Å². The number of amides is 1. The van der Waals surface area contributed by atoms with Crippen molar-refractivity contribution in [2.75, 3.05) is 5.32 Å². The van der Waals surface area contributed by atoms with Gasteiger partial charge in [0, 0.05) is 16.9 Å². The number of aromatic amines is 1. The Morgan fingerprint density at radius 1 is 1.26 bits per heavy atom. The molecule has 0 saturated carbocycles. The van der Waals surface area contributed by atoms with Gasteiger partial charge in [0.2, 0.25) is 0 Å². The monoisotopic (exact) mass is 402 g/mol.